The average Bonchev–Trinajstić information content (AvgIpc) is 3.38. The van der Waals surface area contributed by atoms with Crippen LogP contribution in [-0.2, 0) is 35.0 Å². The number of rotatable bonds is 10. The zero-order chi connectivity index (χ0) is 28.8. The number of amides is 2. The molecule has 0 N–H and O–H groups in total. The van der Waals surface area contributed by atoms with Crippen molar-refractivity contribution in [3.8, 4) is 0 Å². The van der Waals surface area contributed by atoms with E-state index in [1.54, 1.807) is 12.1 Å². The van der Waals surface area contributed by atoms with E-state index in [1.165, 1.54) is 42.5 Å². The van der Waals surface area contributed by atoms with E-state index >= 15 is 0 Å². The predicted molar refractivity (Wildman–Crippen MR) is 124 cm³/mol. The number of methoxy groups -OCH3 is 1. The van der Waals surface area contributed by atoms with Crippen molar-refractivity contribution >= 4 is 11.8 Å². The van der Waals surface area contributed by atoms with Crippen molar-refractivity contribution in [1.29, 1.82) is 0 Å². The lowest BCUT2D eigenvalue weighted by Gasteiger charge is -2.28. The first-order valence-corrected chi connectivity index (χ1v) is 11.4. The molecule has 0 bridgehead atoms. The van der Waals surface area contributed by atoms with E-state index < -0.39 is 53.2 Å². The monoisotopic (exact) mass is 560 g/mol. The predicted octanol–water partition coefficient (Wildman–Crippen LogP) is 5.77. The lowest BCUT2D eigenvalue weighted by molar-refractivity contribution is -0.143. The van der Waals surface area contributed by atoms with E-state index in [-0.39, 0.29) is 32.3 Å². The molecule has 210 valence electrons. The van der Waals surface area contributed by atoms with Gasteiger partial charge in [0.15, 0.2) is 0 Å². The van der Waals surface area contributed by atoms with Crippen LogP contribution in [0.25, 0.3) is 0 Å². The number of hydrogen-bond acceptors (Lipinski definition) is 4. The Morgan fingerprint density at radius 1 is 0.872 bits per heavy atom. The Morgan fingerprint density at radius 3 is 2.00 bits per heavy atom. The number of carbonyl (C=O) groups excluding carboxylic acids is 2. The Labute approximate surface area is 218 Å². The minimum absolute atomic E-state index is 0.0477. The molecule has 0 fully saturated rings. The Morgan fingerprint density at radius 2 is 1.49 bits per heavy atom. The maximum Gasteiger partial charge on any atom is 0.416 e. The van der Waals surface area contributed by atoms with Crippen molar-refractivity contribution in [3.05, 3.63) is 94.7 Å². The molecule has 6 nitrogen and oxygen atoms in total. The first-order chi connectivity index (χ1) is 18.3. The molecule has 0 aliphatic heterocycles. The van der Waals surface area contributed by atoms with Gasteiger partial charge in [0, 0.05) is 25.8 Å². The number of nitrogens with zero attached hydrogens (tertiary/aromatic N) is 2. The van der Waals surface area contributed by atoms with E-state index in [9.17, 15) is 40.3 Å². The summed E-state index contributed by atoms with van der Waals surface area (Å²) in [6.07, 6.45) is -8.94. The molecular formula is C26H23F7N2O4. The molecular weight excluding hydrogens is 537 g/mol. The van der Waals surface area contributed by atoms with E-state index in [2.05, 4.69) is 0 Å². The van der Waals surface area contributed by atoms with Gasteiger partial charge >= 0.3 is 12.4 Å². The number of alkyl halides is 6. The molecule has 0 aliphatic carbocycles. The Bertz CT molecular complexity index is 1220. The topological polar surface area (TPSA) is 63.0 Å². The first kappa shape index (κ1) is 29.7. The highest BCUT2D eigenvalue weighted by atomic mass is 19.4. The van der Waals surface area contributed by atoms with Gasteiger partial charge in [-0.05, 0) is 48.0 Å². The molecule has 0 unspecified atom stereocenters. The number of ether oxygens (including phenoxy) is 1. The Hall–Kier alpha value is -3.87. The van der Waals surface area contributed by atoms with Crippen LogP contribution in [0.15, 0.2) is 65.3 Å². The van der Waals surface area contributed by atoms with Gasteiger partial charge in [0.1, 0.15) is 18.1 Å². The van der Waals surface area contributed by atoms with Gasteiger partial charge in [-0.15, -0.1) is 0 Å². The zero-order valence-electron chi connectivity index (χ0n) is 20.5. The van der Waals surface area contributed by atoms with Gasteiger partial charge in [0.25, 0.3) is 5.91 Å². The maximum absolute atomic E-state index is 13.3. The molecule has 0 aliphatic rings. The lowest BCUT2D eigenvalue weighted by Crippen LogP contribution is -2.43. The molecule has 3 rings (SSSR count). The zero-order valence-corrected chi connectivity index (χ0v) is 20.5. The summed E-state index contributed by atoms with van der Waals surface area (Å²) in [5, 5.41) is 0. The van der Waals surface area contributed by atoms with Crippen LogP contribution >= 0.6 is 0 Å². The van der Waals surface area contributed by atoms with Crippen LogP contribution in [0.4, 0.5) is 30.7 Å². The minimum Gasteiger partial charge on any atom is -0.467 e. The van der Waals surface area contributed by atoms with Crippen LogP contribution in [0, 0.1) is 5.82 Å². The van der Waals surface area contributed by atoms with Gasteiger partial charge in [-0.1, -0.05) is 12.1 Å². The second-order valence-electron chi connectivity index (χ2n) is 8.47. The molecule has 2 amide bonds. The Balaban J connectivity index is 1.92. The SMILES string of the molecule is COCCN(CC(=O)N(Cc1ccc(F)cc1)Cc1ccco1)C(=O)c1cc(C(F)(F)F)cc(C(F)(F)F)c1. The van der Waals surface area contributed by atoms with E-state index in [0.717, 1.165) is 4.90 Å². The molecule has 0 spiro atoms. The van der Waals surface area contributed by atoms with Crippen molar-refractivity contribution in [2.45, 2.75) is 25.4 Å². The van der Waals surface area contributed by atoms with Crippen molar-refractivity contribution in [2.24, 2.45) is 0 Å². The average molecular weight is 560 g/mol. The summed E-state index contributed by atoms with van der Waals surface area (Å²) < 4.78 is 103. The summed E-state index contributed by atoms with van der Waals surface area (Å²) in [4.78, 5) is 28.6. The second-order valence-corrected chi connectivity index (χ2v) is 8.47. The molecule has 0 atom stereocenters. The summed E-state index contributed by atoms with van der Waals surface area (Å²) in [5.74, 6) is -2.05. The van der Waals surface area contributed by atoms with Crippen LogP contribution in [0.3, 0.4) is 0 Å². The van der Waals surface area contributed by atoms with E-state index in [1.807, 2.05) is 0 Å². The quantitative estimate of drug-likeness (QED) is 0.295. The summed E-state index contributed by atoms with van der Waals surface area (Å²) >= 11 is 0. The fraction of sp³-hybridized carbons (Fsp3) is 0.308. The number of carbonyl (C=O) groups is 2. The fourth-order valence-corrected chi connectivity index (χ4v) is 3.61. The summed E-state index contributed by atoms with van der Waals surface area (Å²) in [6.45, 7) is -1.27. The molecule has 0 radical (unpaired) electrons. The van der Waals surface area contributed by atoms with Crippen molar-refractivity contribution in [1.82, 2.24) is 9.80 Å². The molecule has 0 saturated carbocycles. The van der Waals surface area contributed by atoms with Crippen LogP contribution in [0.5, 0.6) is 0 Å². The highest BCUT2D eigenvalue weighted by Gasteiger charge is 2.38. The molecule has 0 saturated heterocycles. The minimum atomic E-state index is -5.15. The second kappa shape index (κ2) is 12.3. The number of hydrogen-bond donors (Lipinski definition) is 0. The molecule has 13 heteroatoms. The molecule has 1 heterocycles. The standard InChI is InChI=1S/C26H23F7N2O4/c1-38-10-8-34(24(37)18-11-19(25(28,29)30)13-20(12-18)26(31,32)33)16-23(36)35(15-22-3-2-9-39-22)14-17-4-6-21(27)7-5-17/h2-7,9,11-13H,8,10,14-16H2,1H3. The number of halogens is 7. The summed E-state index contributed by atoms with van der Waals surface area (Å²) in [6, 6.07) is 8.93. The van der Waals surface area contributed by atoms with Gasteiger partial charge in [0.2, 0.25) is 5.91 Å². The third-order valence-corrected chi connectivity index (χ3v) is 5.58. The van der Waals surface area contributed by atoms with Crippen molar-refractivity contribution in [3.63, 3.8) is 0 Å². The third kappa shape index (κ3) is 8.31. The van der Waals surface area contributed by atoms with Gasteiger partial charge in [-0.25, -0.2) is 4.39 Å². The lowest BCUT2D eigenvalue weighted by atomic mass is 10.0. The Kier molecular flexibility index (Phi) is 9.38. The van der Waals surface area contributed by atoms with E-state index in [0.29, 0.717) is 23.5 Å². The molecule has 39 heavy (non-hydrogen) atoms. The highest BCUT2D eigenvalue weighted by molar-refractivity contribution is 5.97. The van der Waals surface area contributed by atoms with Crippen molar-refractivity contribution < 1.29 is 49.5 Å². The largest absolute Gasteiger partial charge is 0.467 e. The van der Waals surface area contributed by atoms with Gasteiger partial charge in [-0.2, -0.15) is 26.3 Å². The van der Waals surface area contributed by atoms with Crippen LogP contribution in [0.1, 0.15) is 32.8 Å². The fourth-order valence-electron chi connectivity index (χ4n) is 3.61. The van der Waals surface area contributed by atoms with Crippen LogP contribution in [-0.4, -0.2) is 48.4 Å². The first-order valence-electron chi connectivity index (χ1n) is 11.4. The number of furan rings is 1. The van der Waals surface area contributed by atoms with Crippen LogP contribution in [0.2, 0.25) is 0 Å². The third-order valence-electron chi connectivity index (χ3n) is 5.58. The number of benzene rings is 2. The van der Waals surface area contributed by atoms with Gasteiger partial charge in [0.05, 0.1) is 30.5 Å². The van der Waals surface area contributed by atoms with Crippen LogP contribution < -0.4 is 0 Å². The smallest absolute Gasteiger partial charge is 0.416 e. The van der Waals surface area contributed by atoms with Gasteiger partial charge < -0.3 is 19.0 Å². The van der Waals surface area contributed by atoms with Gasteiger partial charge in [-0.3, -0.25) is 9.59 Å². The molecule has 3 aromatic rings. The van der Waals surface area contributed by atoms with Crippen molar-refractivity contribution in [2.75, 3.05) is 26.8 Å². The van der Waals surface area contributed by atoms with E-state index in [4.69, 9.17) is 9.15 Å². The maximum atomic E-state index is 13.3. The summed E-state index contributed by atoms with van der Waals surface area (Å²) in [5.41, 5.74) is -3.68. The normalized spacial score (nSPS) is 11.9. The summed E-state index contributed by atoms with van der Waals surface area (Å²) in [7, 11) is 1.27. The molecule has 2 aromatic carbocycles. The highest BCUT2D eigenvalue weighted by Crippen LogP contribution is 2.36. The molecule has 1 aromatic heterocycles.